The van der Waals surface area contributed by atoms with Gasteiger partial charge in [0.15, 0.2) is 6.29 Å². The topological polar surface area (TPSA) is 208 Å². The van der Waals surface area contributed by atoms with Crippen LogP contribution in [0.25, 0.3) is 5.57 Å². The molecule has 4 aromatic carbocycles. The molecule has 2 aliphatic rings. The molecule has 0 saturated carbocycles. The van der Waals surface area contributed by atoms with Gasteiger partial charge < -0.3 is 39.9 Å². The van der Waals surface area contributed by atoms with Gasteiger partial charge in [0.05, 0.1) is 12.7 Å². The van der Waals surface area contributed by atoms with E-state index in [1.54, 1.807) is 5.57 Å². The number of carbonyl (C=O) groups excluding carboxylic acids is 2. The maximum absolute atomic E-state index is 12.6. The highest BCUT2D eigenvalue weighted by Gasteiger charge is 2.27. The molecule has 0 spiro atoms. The molecule has 0 aliphatic carbocycles. The minimum atomic E-state index is -1.38. The molecule has 56 heavy (non-hydrogen) atoms. The molecule has 1 saturated heterocycles. The number of phenolic OH excluding ortho intramolecular Hbond substituents is 1. The third-order valence-electron chi connectivity index (χ3n) is 9.01. The van der Waals surface area contributed by atoms with Gasteiger partial charge in [0, 0.05) is 40.6 Å². The number of esters is 1. The van der Waals surface area contributed by atoms with Gasteiger partial charge in [-0.05, 0) is 92.8 Å². The van der Waals surface area contributed by atoms with Gasteiger partial charge in [0.1, 0.15) is 34.1 Å². The highest BCUT2D eigenvalue weighted by atomic mass is 32.2. The Hall–Kier alpha value is -6.38. The number of rotatable bonds is 7. The van der Waals surface area contributed by atoms with Crippen molar-refractivity contribution < 1.29 is 59.0 Å². The number of phenols is 2. The van der Waals surface area contributed by atoms with E-state index in [1.807, 2.05) is 11.8 Å². The number of benzene rings is 4. The summed E-state index contributed by atoms with van der Waals surface area (Å²) in [6, 6.07) is 20.4. The summed E-state index contributed by atoms with van der Waals surface area (Å²) in [6.45, 7) is 6.71. The van der Waals surface area contributed by atoms with Crippen LogP contribution < -0.4 is 9.47 Å². The van der Waals surface area contributed by atoms with Gasteiger partial charge in [-0.15, -0.1) is 0 Å². The predicted molar refractivity (Wildman–Crippen MR) is 208 cm³/mol. The fraction of sp³-hybridized carbons (Fsp3) is 0.214. The molecule has 0 unspecified atom stereocenters. The number of hydrogen-bond acceptors (Lipinski definition) is 11. The van der Waals surface area contributed by atoms with E-state index < -0.39 is 35.4 Å². The summed E-state index contributed by atoms with van der Waals surface area (Å²) in [5.41, 5.74) is 5.70. The summed E-state index contributed by atoms with van der Waals surface area (Å²) >= 11 is 1.91. The zero-order valence-electron chi connectivity index (χ0n) is 31.3. The molecule has 4 aromatic rings. The molecule has 1 fully saturated rings. The Morgan fingerprint density at radius 1 is 0.750 bits per heavy atom. The van der Waals surface area contributed by atoms with Crippen molar-refractivity contribution in [1.82, 2.24) is 4.90 Å². The van der Waals surface area contributed by atoms with Gasteiger partial charge >= 0.3 is 23.9 Å². The van der Waals surface area contributed by atoms with Crippen molar-refractivity contribution in [3.05, 3.63) is 123 Å². The fourth-order valence-electron chi connectivity index (χ4n) is 6.16. The van der Waals surface area contributed by atoms with E-state index in [-0.39, 0.29) is 39.3 Å². The van der Waals surface area contributed by atoms with Crippen LogP contribution in [0.5, 0.6) is 23.0 Å². The average molecular weight is 784 g/mol. The van der Waals surface area contributed by atoms with Crippen molar-refractivity contribution in [2.45, 2.75) is 43.4 Å². The molecule has 5 N–H and O–H groups in total. The number of aromatic carboxylic acids is 1. The first-order valence-electron chi connectivity index (χ1n) is 17.1. The van der Waals surface area contributed by atoms with Crippen molar-refractivity contribution in [3.8, 4) is 23.0 Å². The minimum absolute atomic E-state index is 0.0419. The van der Waals surface area contributed by atoms with Gasteiger partial charge in [0.2, 0.25) is 0 Å². The van der Waals surface area contributed by atoms with Crippen LogP contribution in [0.1, 0.15) is 71.7 Å². The van der Waals surface area contributed by atoms with Crippen LogP contribution in [0.4, 0.5) is 0 Å². The first kappa shape index (κ1) is 42.4. The lowest BCUT2D eigenvalue weighted by molar-refractivity contribution is -0.134. The molecule has 13 nitrogen and oxygen atoms in total. The third-order valence-corrected chi connectivity index (χ3v) is 10.2. The quantitative estimate of drug-likeness (QED) is 0.0481. The number of aldehydes is 1. The second kappa shape index (κ2) is 18.8. The van der Waals surface area contributed by atoms with Crippen molar-refractivity contribution in [1.29, 1.82) is 0 Å². The number of aromatic hydroxyl groups is 2. The number of piperidine rings is 1. The van der Waals surface area contributed by atoms with Crippen LogP contribution in [-0.4, -0.2) is 87.8 Å². The molecule has 0 atom stereocenters. The standard InChI is InChI=1S/C19H19NS.C19H18O8.C4H4O4/c1-20-12-10-14(11-13-20)19-15-6-2-4-8-17(15)21-18-9-5-3-7-16(18)19;1-8-5-13(26-4)11(7-20)17(22)14(8)19(25)27-12-6-9(2)16(21)15(10(12)3)18(23)24;5-3(6)1-2-4(7)8/h2-9H,10-13H2,1H3;5-7,21-22H,1-4H3,(H,23,24);1-2H,(H,5,6)(H,7,8). The Balaban J connectivity index is 0.000000212. The largest absolute Gasteiger partial charge is 0.507 e. The van der Waals surface area contributed by atoms with Crippen molar-refractivity contribution in [2.75, 3.05) is 27.2 Å². The van der Waals surface area contributed by atoms with E-state index in [0.29, 0.717) is 24.0 Å². The third kappa shape index (κ3) is 9.83. The number of hydrogen-bond donors (Lipinski definition) is 5. The number of likely N-dealkylation sites (tertiary alicyclic amines) is 1. The lowest BCUT2D eigenvalue weighted by atomic mass is 9.88. The van der Waals surface area contributed by atoms with Gasteiger partial charge in [-0.3, -0.25) is 4.79 Å². The number of nitrogens with zero attached hydrogens (tertiary/aromatic N) is 1. The lowest BCUT2D eigenvalue weighted by Gasteiger charge is -2.30. The zero-order valence-corrected chi connectivity index (χ0v) is 32.1. The molecule has 2 heterocycles. The van der Waals surface area contributed by atoms with E-state index >= 15 is 0 Å². The van der Waals surface area contributed by atoms with E-state index in [1.165, 1.54) is 92.4 Å². The molecule has 0 aromatic heterocycles. The molecule has 0 radical (unpaired) electrons. The predicted octanol–water partition coefficient (Wildman–Crippen LogP) is 7.15. The van der Waals surface area contributed by atoms with Crippen LogP contribution in [0, 0.1) is 20.8 Å². The number of methoxy groups -OCH3 is 1. The Morgan fingerprint density at radius 2 is 1.27 bits per heavy atom. The molecule has 0 amide bonds. The summed E-state index contributed by atoms with van der Waals surface area (Å²) in [5, 5.41) is 45.1. The second-order valence-electron chi connectivity index (χ2n) is 12.8. The normalized spacial score (nSPS) is 13.2. The fourth-order valence-corrected chi connectivity index (χ4v) is 7.26. The second-order valence-corrected chi connectivity index (χ2v) is 13.9. The number of carbonyl (C=O) groups is 5. The number of aliphatic carboxylic acids is 2. The smallest absolute Gasteiger partial charge is 0.347 e. The first-order chi connectivity index (χ1) is 26.6. The molecule has 14 heteroatoms. The van der Waals surface area contributed by atoms with Gasteiger partial charge in [0.25, 0.3) is 0 Å². The number of carboxylic acids is 3. The van der Waals surface area contributed by atoms with E-state index in [0.717, 1.165) is 0 Å². The SMILES string of the molecule is CN1CCC(=C2c3ccccc3Sc3ccccc32)CC1.COc1cc(C)c(C(=O)Oc2cc(C)c(O)c(C(=O)O)c2C)c(O)c1C=O.O=C(O)C=CC(=O)O. The summed E-state index contributed by atoms with van der Waals surface area (Å²) < 4.78 is 10.3. The Bertz CT molecular complexity index is 2190. The molecule has 2 aliphatic heterocycles. The average Bonchev–Trinajstić information content (AvgIpc) is 3.16. The van der Waals surface area contributed by atoms with E-state index in [4.69, 9.17) is 19.7 Å². The Labute approximate surface area is 327 Å². The maximum atomic E-state index is 12.6. The van der Waals surface area contributed by atoms with Crippen molar-refractivity contribution in [2.24, 2.45) is 0 Å². The lowest BCUT2D eigenvalue weighted by Crippen LogP contribution is -2.27. The van der Waals surface area contributed by atoms with Crippen molar-refractivity contribution >= 4 is 47.5 Å². The van der Waals surface area contributed by atoms with Gasteiger partial charge in [-0.25, -0.2) is 19.2 Å². The molecule has 292 valence electrons. The highest BCUT2D eigenvalue weighted by Crippen LogP contribution is 2.47. The monoisotopic (exact) mass is 783 g/mol. The first-order valence-corrected chi connectivity index (χ1v) is 18.0. The summed E-state index contributed by atoms with van der Waals surface area (Å²) in [7, 11) is 3.54. The minimum Gasteiger partial charge on any atom is -0.507 e. The van der Waals surface area contributed by atoms with Crippen LogP contribution in [0.3, 0.4) is 0 Å². The Morgan fingerprint density at radius 3 is 1.75 bits per heavy atom. The number of fused-ring (bicyclic) bond motifs is 2. The summed E-state index contributed by atoms with van der Waals surface area (Å²) in [4.78, 5) is 59.5. The van der Waals surface area contributed by atoms with Crippen molar-refractivity contribution in [3.63, 3.8) is 0 Å². The van der Waals surface area contributed by atoms with Crippen LogP contribution in [0.15, 0.2) is 88.2 Å². The molecular weight excluding hydrogens is 743 g/mol. The summed E-state index contributed by atoms with van der Waals surface area (Å²) in [6.07, 6.45) is 3.85. The number of ether oxygens (including phenoxy) is 2. The van der Waals surface area contributed by atoms with Crippen LogP contribution >= 0.6 is 11.8 Å². The molecular formula is C42H41NO12S. The zero-order chi connectivity index (χ0) is 41.3. The van der Waals surface area contributed by atoms with E-state index in [9.17, 15) is 39.3 Å². The highest BCUT2D eigenvalue weighted by molar-refractivity contribution is 7.99. The summed E-state index contributed by atoms with van der Waals surface area (Å²) in [5.74, 6) is -5.89. The maximum Gasteiger partial charge on any atom is 0.347 e. The van der Waals surface area contributed by atoms with Gasteiger partial charge in [-0.1, -0.05) is 53.7 Å². The number of carboxylic acid groups (broad SMARTS) is 3. The van der Waals surface area contributed by atoms with Crippen LogP contribution in [0.2, 0.25) is 0 Å². The van der Waals surface area contributed by atoms with Crippen LogP contribution in [-0.2, 0) is 9.59 Å². The Kier molecular flexibility index (Phi) is 14.2. The number of aryl methyl sites for hydroxylation is 2. The molecule has 6 rings (SSSR count). The molecule has 0 bridgehead atoms. The van der Waals surface area contributed by atoms with E-state index in [2.05, 4.69) is 60.5 Å². The van der Waals surface area contributed by atoms with Gasteiger partial charge in [-0.2, -0.15) is 0 Å².